The van der Waals surface area contributed by atoms with Crippen LogP contribution in [0.4, 0.5) is 5.69 Å². The molecular weight excluding hydrogens is 422 g/mol. The van der Waals surface area contributed by atoms with Gasteiger partial charge in [-0.1, -0.05) is 49.0 Å². The number of para-hydroxylation sites is 1. The number of benzene rings is 2. The summed E-state index contributed by atoms with van der Waals surface area (Å²) >= 11 is 5.18. The van der Waals surface area contributed by atoms with Gasteiger partial charge in [0.2, 0.25) is 5.91 Å². The Morgan fingerprint density at radius 2 is 1.81 bits per heavy atom. The van der Waals surface area contributed by atoms with Crippen LogP contribution in [0.15, 0.2) is 68.9 Å². The number of amides is 1. The lowest BCUT2D eigenvalue weighted by molar-refractivity contribution is -0.119. The van der Waals surface area contributed by atoms with Crippen LogP contribution in [-0.4, -0.2) is 15.7 Å². The molecule has 2 aromatic carbocycles. The summed E-state index contributed by atoms with van der Waals surface area (Å²) in [5, 5.41) is 7.58. The standard InChI is InChI=1S/C21H22BrN3OS/c1-14(13-25-16(3)20(22)15(2)24-25)21(26)23-18-11-7-8-12-19(18)27-17-9-5-4-6-10-17/h4-12,14H,13H2,1-3H3,(H,23,26)/t14-/m1/s1. The first-order chi connectivity index (χ1) is 13.0. The van der Waals surface area contributed by atoms with Crippen molar-refractivity contribution in [3.63, 3.8) is 0 Å². The fraction of sp³-hybridized carbons (Fsp3) is 0.238. The number of hydrogen-bond donors (Lipinski definition) is 1. The summed E-state index contributed by atoms with van der Waals surface area (Å²) in [6, 6.07) is 18.0. The van der Waals surface area contributed by atoms with E-state index in [9.17, 15) is 4.79 Å². The Hall–Kier alpha value is -2.05. The molecule has 4 nitrogen and oxygen atoms in total. The molecule has 0 aliphatic carbocycles. The molecule has 3 aromatic rings. The largest absolute Gasteiger partial charge is 0.325 e. The van der Waals surface area contributed by atoms with Crippen molar-refractivity contribution in [3.05, 3.63) is 70.5 Å². The fourth-order valence-electron chi connectivity index (χ4n) is 2.73. The molecule has 1 amide bonds. The van der Waals surface area contributed by atoms with Crippen molar-refractivity contribution in [3.8, 4) is 0 Å². The summed E-state index contributed by atoms with van der Waals surface area (Å²) in [6.07, 6.45) is 0. The van der Waals surface area contributed by atoms with Gasteiger partial charge in [0.1, 0.15) is 0 Å². The van der Waals surface area contributed by atoms with E-state index in [-0.39, 0.29) is 11.8 Å². The third-order valence-corrected chi connectivity index (χ3v) is 6.53. The predicted molar refractivity (Wildman–Crippen MR) is 114 cm³/mol. The van der Waals surface area contributed by atoms with Crippen molar-refractivity contribution in [2.75, 3.05) is 5.32 Å². The second-order valence-electron chi connectivity index (χ2n) is 6.47. The van der Waals surface area contributed by atoms with Gasteiger partial charge in [0.05, 0.1) is 28.3 Å². The molecule has 1 atom stereocenters. The van der Waals surface area contributed by atoms with E-state index in [1.165, 1.54) is 0 Å². The van der Waals surface area contributed by atoms with Crippen LogP contribution in [0.2, 0.25) is 0 Å². The number of carbonyl (C=O) groups excluding carboxylic acids is 1. The molecule has 0 radical (unpaired) electrons. The Morgan fingerprint density at radius 1 is 1.15 bits per heavy atom. The monoisotopic (exact) mass is 443 g/mol. The zero-order valence-electron chi connectivity index (χ0n) is 15.6. The van der Waals surface area contributed by atoms with Gasteiger partial charge in [-0.15, -0.1) is 0 Å². The first-order valence-electron chi connectivity index (χ1n) is 8.78. The minimum absolute atomic E-state index is 0.0141. The molecule has 0 fully saturated rings. The maximum absolute atomic E-state index is 12.8. The first kappa shape index (κ1) is 19.7. The Morgan fingerprint density at radius 3 is 2.48 bits per heavy atom. The predicted octanol–water partition coefficient (Wildman–Crippen LogP) is 5.69. The Bertz CT molecular complexity index is 940. The quantitative estimate of drug-likeness (QED) is 0.532. The van der Waals surface area contributed by atoms with Crippen LogP contribution in [0, 0.1) is 19.8 Å². The van der Waals surface area contributed by atoms with Crippen molar-refractivity contribution in [1.82, 2.24) is 9.78 Å². The SMILES string of the molecule is Cc1nn(C[C@@H](C)C(=O)Nc2ccccc2Sc2ccccc2)c(C)c1Br. The smallest absolute Gasteiger partial charge is 0.229 e. The molecule has 0 spiro atoms. The Kier molecular flexibility index (Phi) is 6.39. The molecular formula is C21H22BrN3OS. The third-order valence-electron chi connectivity index (χ3n) is 4.30. The Labute approximate surface area is 172 Å². The minimum Gasteiger partial charge on any atom is -0.325 e. The maximum atomic E-state index is 12.8. The lowest BCUT2D eigenvalue weighted by atomic mass is 10.1. The van der Waals surface area contributed by atoms with Crippen molar-refractivity contribution in [2.45, 2.75) is 37.1 Å². The highest BCUT2D eigenvalue weighted by Gasteiger charge is 2.18. The van der Waals surface area contributed by atoms with E-state index in [4.69, 9.17) is 0 Å². The normalized spacial score (nSPS) is 12.0. The van der Waals surface area contributed by atoms with E-state index in [0.717, 1.165) is 31.3 Å². The van der Waals surface area contributed by atoms with Crippen molar-refractivity contribution in [1.29, 1.82) is 0 Å². The van der Waals surface area contributed by atoms with Crippen LogP contribution in [0.25, 0.3) is 0 Å². The summed E-state index contributed by atoms with van der Waals surface area (Å²) in [5.41, 5.74) is 2.80. The molecule has 0 aliphatic heterocycles. The van der Waals surface area contributed by atoms with Gasteiger partial charge < -0.3 is 5.32 Å². The second-order valence-corrected chi connectivity index (χ2v) is 8.38. The highest BCUT2D eigenvalue weighted by Crippen LogP contribution is 2.33. The molecule has 27 heavy (non-hydrogen) atoms. The summed E-state index contributed by atoms with van der Waals surface area (Å²) in [4.78, 5) is 14.9. The number of aryl methyl sites for hydroxylation is 1. The lowest BCUT2D eigenvalue weighted by Crippen LogP contribution is -2.25. The molecule has 140 valence electrons. The van der Waals surface area contributed by atoms with Crippen molar-refractivity contribution < 1.29 is 4.79 Å². The molecule has 1 heterocycles. The number of nitrogens with zero attached hydrogens (tertiary/aromatic N) is 2. The number of carbonyl (C=O) groups is 1. The zero-order valence-corrected chi connectivity index (χ0v) is 18.0. The van der Waals surface area contributed by atoms with Gasteiger partial charge >= 0.3 is 0 Å². The number of rotatable bonds is 6. The lowest BCUT2D eigenvalue weighted by Gasteiger charge is -2.15. The topological polar surface area (TPSA) is 46.9 Å². The number of halogens is 1. The van der Waals surface area contributed by atoms with Crippen LogP contribution in [0.1, 0.15) is 18.3 Å². The van der Waals surface area contributed by atoms with E-state index in [0.29, 0.717) is 6.54 Å². The molecule has 0 bridgehead atoms. The van der Waals surface area contributed by atoms with E-state index in [2.05, 4.69) is 38.5 Å². The van der Waals surface area contributed by atoms with Gasteiger partial charge in [0.25, 0.3) is 0 Å². The van der Waals surface area contributed by atoms with Gasteiger partial charge in [0.15, 0.2) is 0 Å². The van der Waals surface area contributed by atoms with E-state index in [1.807, 2.05) is 67.9 Å². The van der Waals surface area contributed by atoms with E-state index < -0.39 is 0 Å². The third kappa shape index (κ3) is 4.82. The summed E-state index contributed by atoms with van der Waals surface area (Å²) < 4.78 is 2.88. The molecule has 1 N–H and O–H groups in total. The van der Waals surface area contributed by atoms with Gasteiger partial charge in [-0.2, -0.15) is 5.10 Å². The van der Waals surface area contributed by atoms with E-state index in [1.54, 1.807) is 11.8 Å². The van der Waals surface area contributed by atoms with Crippen LogP contribution >= 0.6 is 27.7 Å². The Balaban J connectivity index is 1.71. The van der Waals surface area contributed by atoms with Crippen LogP contribution in [0.5, 0.6) is 0 Å². The summed E-state index contributed by atoms with van der Waals surface area (Å²) in [5.74, 6) is -0.218. The minimum atomic E-state index is -0.204. The van der Waals surface area contributed by atoms with Gasteiger partial charge in [0, 0.05) is 15.5 Å². The average molecular weight is 444 g/mol. The highest BCUT2D eigenvalue weighted by molar-refractivity contribution is 9.10. The zero-order chi connectivity index (χ0) is 19.4. The molecule has 0 saturated carbocycles. The molecule has 0 aliphatic rings. The van der Waals surface area contributed by atoms with E-state index >= 15 is 0 Å². The van der Waals surface area contributed by atoms with Crippen LogP contribution in [-0.2, 0) is 11.3 Å². The summed E-state index contributed by atoms with van der Waals surface area (Å²) in [6.45, 7) is 6.42. The van der Waals surface area contributed by atoms with Crippen molar-refractivity contribution >= 4 is 39.3 Å². The number of nitrogens with one attached hydrogen (secondary N) is 1. The highest BCUT2D eigenvalue weighted by atomic mass is 79.9. The average Bonchev–Trinajstić information content (AvgIpc) is 2.91. The van der Waals surface area contributed by atoms with Gasteiger partial charge in [-0.05, 0) is 54.0 Å². The van der Waals surface area contributed by atoms with Crippen LogP contribution < -0.4 is 5.32 Å². The molecule has 3 rings (SSSR count). The maximum Gasteiger partial charge on any atom is 0.229 e. The molecule has 0 saturated heterocycles. The van der Waals surface area contributed by atoms with Gasteiger partial charge in [-0.25, -0.2) is 0 Å². The molecule has 1 aromatic heterocycles. The second kappa shape index (κ2) is 8.76. The van der Waals surface area contributed by atoms with Gasteiger partial charge in [-0.3, -0.25) is 9.48 Å². The first-order valence-corrected chi connectivity index (χ1v) is 10.4. The van der Waals surface area contributed by atoms with Crippen LogP contribution in [0.3, 0.4) is 0 Å². The molecule has 0 unspecified atom stereocenters. The summed E-state index contributed by atoms with van der Waals surface area (Å²) in [7, 11) is 0. The number of anilines is 1. The number of aromatic nitrogens is 2. The molecule has 6 heteroatoms. The van der Waals surface area contributed by atoms with Crippen molar-refractivity contribution in [2.24, 2.45) is 5.92 Å². The fourth-order valence-corrected chi connectivity index (χ4v) is 3.93. The number of hydrogen-bond acceptors (Lipinski definition) is 3.